The summed E-state index contributed by atoms with van der Waals surface area (Å²) in [6.45, 7) is 5.80. The van der Waals surface area contributed by atoms with Gasteiger partial charge in [-0.1, -0.05) is 11.6 Å². The van der Waals surface area contributed by atoms with Crippen LogP contribution in [0, 0.1) is 0 Å². The Kier molecular flexibility index (Phi) is 4.91. The van der Waals surface area contributed by atoms with Gasteiger partial charge in [0.05, 0.1) is 0 Å². The normalized spacial score (nSPS) is 9.10. The van der Waals surface area contributed by atoms with Crippen molar-refractivity contribution < 1.29 is 4.79 Å². The Hall–Kier alpha value is -0.590. The van der Waals surface area contributed by atoms with Crippen molar-refractivity contribution >= 4 is 5.78 Å². The summed E-state index contributed by atoms with van der Waals surface area (Å²) >= 11 is 0. The molecule has 0 saturated heterocycles. The third-order valence-corrected chi connectivity index (χ3v) is 1.29. The van der Waals surface area contributed by atoms with Crippen LogP contribution in [0.1, 0.15) is 40.0 Å². The molecule has 0 spiro atoms. The van der Waals surface area contributed by atoms with Crippen LogP contribution < -0.4 is 0 Å². The number of carbonyl (C=O) groups is 1. The van der Waals surface area contributed by atoms with E-state index in [1.165, 1.54) is 5.57 Å². The van der Waals surface area contributed by atoms with Gasteiger partial charge in [0, 0.05) is 6.42 Å². The van der Waals surface area contributed by atoms with Gasteiger partial charge < -0.3 is 4.79 Å². The summed E-state index contributed by atoms with van der Waals surface area (Å²) in [5.74, 6) is 0.294. The van der Waals surface area contributed by atoms with Gasteiger partial charge in [0.25, 0.3) is 0 Å². The van der Waals surface area contributed by atoms with Crippen molar-refractivity contribution in [2.24, 2.45) is 0 Å². The first-order valence-corrected chi connectivity index (χ1v) is 3.75. The molecule has 0 aromatic rings. The molecule has 0 saturated carbocycles. The quantitative estimate of drug-likeness (QED) is 0.433. The summed E-state index contributed by atoms with van der Waals surface area (Å²) in [4.78, 5) is 10.5. The van der Waals surface area contributed by atoms with Gasteiger partial charge >= 0.3 is 0 Å². The number of rotatable bonds is 4. The predicted octanol–water partition coefficient (Wildman–Crippen LogP) is 2.71. The van der Waals surface area contributed by atoms with Gasteiger partial charge in [0.15, 0.2) is 0 Å². The molecular weight excluding hydrogens is 124 g/mol. The minimum atomic E-state index is 0.294. The standard InChI is InChI=1S/C9H16O/c1-8(2)6-4-5-7-9(3)10/h6H,4-5,7H2,1-3H3. The van der Waals surface area contributed by atoms with Crippen LogP contribution in [0.15, 0.2) is 11.6 Å². The smallest absolute Gasteiger partial charge is 0.129 e. The van der Waals surface area contributed by atoms with Gasteiger partial charge in [-0.05, 0) is 33.6 Å². The zero-order chi connectivity index (χ0) is 7.98. The maximum Gasteiger partial charge on any atom is 0.129 e. The summed E-state index contributed by atoms with van der Waals surface area (Å²) in [6.07, 6.45) is 4.94. The highest BCUT2D eigenvalue weighted by Gasteiger charge is 1.90. The average molecular weight is 140 g/mol. The maximum atomic E-state index is 10.5. The monoisotopic (exact) mass is 140 g/mol. The molecule has 58 valence electrons. The second-order valence-electron chi connectivity index (χ2n) is 2.88. The molecule has 0 N–H and O–H groups in total. The van der Waals surface area contributed by atoms with Crippen LogP contribution in [0.3, 0.4) is 0 Å². The van der Waals surface area contributed by atoms with E-state index in [2.05, 4.69) is 19.9 Å². The van der Waals surface area contributed by atoms with E-state index in [1.807, 2.05) is 0 Å². The predicted molar refractivity (Wildman–Crippen MR) is 44.0 cm³/mol. The summed E-state index contributed by atoms with van der Waals surface area (Å²) < 4.78 is 0. The molecule has 0 aromatic heterocycles. The Morgan fingerprint density at radius 3 is 2.30 bits per heavy atom. The lowest BCUT2D eigenvalue weighted by atomic mass is 10.1. The Morgan fingerprint density at radius 2 is 1.90 bits per heavy atom. The topological polar surface area (TPSA) is 17.1 Å². The fourth-order valence-electron chi connectivity index (χ4n) is 0.742. The Bertz CT molecular complexity index is 130. The number of unbranched alkanes of at least 4 members (excludes halogenated alkanes) is 1. The fraction of sp³-hybridized carbons (Fsp3) is 0.667. The molecule has 0 amide bonds. The molecule has 10 heavy (non-hydrogen) atoms. The molecule has 0 unspecified atom stereocenters. The maximum absolute atomic E-state index is 10.5. The molecule has 0 aliphatic heterocycles. The summed E-state index contributed by atoms with van der Waals surface area (Å²) in [7, 11) is 0. The summed E-state index contributed by atoms with van der Waals surface area (Å²) in [5.41, 5.74) is 1.34. The Morgan fingerprint density at radius 1 is 1.30 bits per heavy atom. The van der Waals surface area contributed by atoms with Crippen molar-refractivity contribution in [3.63, 3.8) is 0 Å². The van der Waals surface area contributed by atoms with Crippen molar-refractivity contribution in [1.29, 1.82) is 0 Å². The van der Waals surface area contributed by atoms with Gasteiger partial charge in [-0.25, -0.2) is 0 Å². The van der Waals surface area contributed by atoms with Crippen molar-refractivity contribution in [3.05, 3.63) is 11.6 Å². The van der Waals surface area contributed by atoms with Crippen LogP contribution in [-0.4, -0.2) is 5.78 Å². The minimum Gasteiger partial charge on any atom is -0.300 e. The zero-order valence-electron chi connectivity index (χ0n) is 7.11. The largest absolute Gasteiger partial charge is 0.300 e. The van der Waals surface area contributed by atoms with Gasteiger partial charge in [0.2, 0.25) is 0 Å². The van der Waals surface area contributed by atoms with Crippen LogP contribution in [0.4, 0.5) is 0 Å². The number of hydrogen-bond acceptors (Lipinski definition) is 1. The van der Waals surface area contributed by atoms with E-state index in [1.54, 1.807) is 6.92 Å². The number of hydrogen-bond donors (Lipinski definition) is 0. The average Bonchev–Trinajstić information content (AvgIpc) is 1.79. The van der Waals surface area contributed by atoms with Crippen molar-refractivity contribution in [2.45, 2.75) is 40.0 Å². The van der Waals surface area contributed by atoms with Crippen molar-refractivity contribution in [3.8, 4) is 0 Å². The number of Topliss-reactive ketones (excluding diaryl/α,β-unsaturated/α-hetero) is 1. The molecular formula is C9H16O. The number of allylic oxidation sites excluding steroid dienone is 2. The van der Waals surface area contributed by atoms with Gasteiger partial charge in [-0.2, -0.15) is 0 Å². The molecule has 0 aliphatic rings. The second-order valence-corrected chi connectivity index (χ2v) is 2.88. The van der Waals surface area contributed by atoms with Crippen LogP contribution in [0.5, 0.6) is 0 Å². The highest BCUT2D eigenvalue weighted by atomic mass is 16.1. The number of carbonyl (C=O) groups excluding carboxylic acids is 1. The molecule has 0 fully saturated rings. The third-order valence-electron chi connectivity index (χ3n) is 1.29. The molecule has 0 aliphatic carbocycles. The fourth-order valence-corrected chi connectivity index (χ4v) is 0.742. The van der Waals surface area contributed by atoms with E-state index in [4.69, 9.17) is 0 Å². The van der Waals surface area contributed by atoms with E-state index in [-0.39, 0.29) is 0 Å². The Labute approximate surface area is 63.1 Å². The Balaban J connectivity index is 3.21. The minimum absolute atomic E-state index is 0.294. The SMILES string of the molecule is CC(=O)CCCC=C(C)C. The lowest BCUT2D eigenvalue weighted by molar-refractivity contribution is -0.117. The van der Waals surface area contributed by atoms with Gasteiger partial charge in [-0.3, -0.25) is 0 Å². The summed E-state index contributed by atoms with van der Waals surface area (Å²) in [5, 5.41) is 0. The zero-order valence-corrected chi connectivity index (χ0v) is 7.11. The molecule has 0 aromatic carbocycles. The van der Waals surface area contributed by atoms with Gasteiger partial charge in [-0.15, -0.1) is 0 Å². The van der Waals surface area contributed by atoms with Gasteiger partial charge in [0.1, 0.15) is 5.78 Å². The summed E-state index contributed by atoms with van der Waals surface area (Å²) in [6, 6.07) is 0. The molecule has 0 rings (SSSR count). The van der Waals surface area contributed by atoms with Crippen LogP contribution in [-0.2, 0) is 4.79 Å². The molecule has 0 heterocycles. The van der Waals surface area contributed by atoms with E-state index in [9.17, 15) is 4.79 Å². The van der Waals surface area contributed by atoms with E-state index in [0.717, 1.165) is 19.3 Å². The molecule has 1 nitrogen and oxygen atoms in total. The molecule has 1 heteroatoms. The van der Waals surface area contributed by atoms with Crippen LogP contribution in [0.2, 0.25) is 0 Å². The van der Waals surface area contributed by atoms with Crippen molar-refractivity contribution in [2.75, 3.05) is 0 Å². The third kappa shape index (κ3) is 7.41. The molecule has 0 bridgehead atoms. The lowest BCUT2D eigenvalue weighted by Gasteiger charge is -1.92. The molecule has 0 atom stereocenters. The van der Waals surface area contributed by atoms with E-state index < -0.39 is 0 Å². The first-order chi connectivity index (χ1) is 4.63. The van der Waals surface area contributed by atoms with Crippen molar-refractivity contribution in [1.82, 2.24) is 0 Å². The van der Waals surface area contributed by atoms with Crippen LogP contribution in [0.25, 0.3) is 0 Å². The first kappa shape index (κ1) is 9.41. The highest BCUT2D eigenvalue weighted by molar-refractivity contribution is 5.75. The number of ketones is 1. The lowest BCUT2D eigenvalue weighted by Crippen LogP contribution is -1.87. The highest BCUT2D eigenvalue weighted by Crippen LogP contribution is 2.00. The van der Waals surface area contributed by atoms with Crippen LogP contribution >= 0.6 is 0 Å². The van der Waals surface area contributed by atoms with E-state index >= 15 is 0 Å². The first-order valence-electron chi connectivity index (χ1n) is 3.75. The van der Waals surface area contributed by atoms with E-state index in [0.29, 0.717) is 5.78 Å². The second kappa shape index (κ2) is 5.21. The molecule has 0 radical (unpaired) electrons.